The van der Waals surface area contributed by atoms with E-state index >= 15 is 0 Å². The number of nitrogens with one attached hydrogen (secondary N) is 2. The Kier molecular flexibility index (Phi) is 6.64. The maximum atomic E-state index is 13.4. The molecule has 0 radical (unpaired) electrons. The van der Waals surface area contributed by atoms with E-state index in [0.717, 1.165) is 36.8 Å². The van der Waals surface area contributed by atoms with E-state index in [0.29, 0.717) is 12.3 Å². The molecule has 0 aliphatic carbocycles. The van der Waals surface area contributed by atoms with E-state index in [1.807, 2.05) is 0 Å². The number of hydrogen-bond acceptors (Lipinski definition) is 3. The SMILES string of the molecule is CCCSCC(=O)NC1CNCCC1c1ccc(F)c(F)c1. The van der Waals surface area contributed by atoms with Crippen LogP contribution in [-0.4, -0.2) is 36.5 Å². The van der Waals surface area contributed by atoms with E-state index in [9.17, 15) is 13.6 Å². The third kappa shape index (κ3) is 4.68. The Hall–Kier alpha value is -1.14. The number of piperidine rings is 1. The molecule has 1 aliphatic heterocycles. The van der Waals surface area contributed by atoms with Gasteiger partial charge in [0.2, 0.25) is 5.91 Å². The van der Waals surface area contributed by atoms with Gasteiger partial charge in [-0.15, -0.1) is 0 Å². The number of carbonyl (C=O) groups excluding carboxylic acids is 1. The highest BCUT2D eigenvalue weighted by atomic mass is 32.2. The van der Waals surface area contributed by atoms with Crippen LogP contribution in [0.25, 0.3) is 0 Å². The molecule has 0 saturated carbocycles. The minimum Gasteiger partial charge on any atom is -0.351 e. The van der Waals surface area contributed by atoms with Crippen LogP contribution >= 0.6 is 11.8 Å². The maximum absolute atomic E-state index is 13.4. The van der Waals surface area contributed by atoms with Gasteiger partial charge in [-0.3, -0.25) is 4.79 Å². The number of amides is 1. The van der Waals surface area contributed by atoms with E-state index in [4.69, 9.17) is 0 Å². The van der Waals surface area contributed by atoms with Crippen molar-refractivity contribution in [2.24, 2.45) is 0 Å². The standard InChI is InChI=1S/C16H22F2N2OS/c1-2-7-22-10-16(21)20-15-9-19-6-5-12(15)11-3-4-13(17)14(18)8-11/h3-4,8,12,15,19H,2,5-7,9-10H2,1H3,(H,20,21). The summed E-state index contributed by atoms with van der Waals surface area (Å²) in [6, 6.07) is 3.92. The number of carbonyl (C=O) groups is 1. The highest BCUT2D eigenvalue weighted by molar-refractivity contribution is 7.99. The van der Waals surface area contributed by atoms with Crippen LogP contribution in [0, 0.1) is 11.6 Å². The Morgan fingerprint density at radius 1 is 1.41 bits per heavy atom. The van der Waals surface area contributed by atoms with E-state index in [1.54, 1.807) is 17.8 Å². The number of thioether (sulfide) groups is 1. The van der Waals surface area contributed by atoms with Gasteiger partial charge in [-0.2, -0.15) is 11.8 Å². The van der Waals surface area contributed by atoms with Crippen molar-refractivity contribution in [1.82, 2.24) is 10.6 Å². The van der Waals surface area contributed by atoms with Gasteiger partial charge >= 0.3 is 0 Å². The summed E-state index contributed by atoms with van der Waals surface area (Å²) < 4.78 is 26.5. The highest BCUT2D eigenvalue weighted by Gasteiger charge is 2.28. The fourth-order valence-corrected chi connectivity index (χ4v) is 3.41. The number of rotatable bonds is 6. The van der Waals surface area contributed by atoms with Crippen LogP contribution in [0.3, 0.4) is 0 Å². The molecule has 2 unspecified atom stereocenters. The number of halogens is 2. The first-order valence-electron chi connectivity index (χ1n) is 7.64. The largest absolute Gasteiger partial charge is 0.351 e. The van der Waals surface area contributed by atoms with Crippen molar-refractivity contribution in [3.8, 4) is 0 Å². The van der Waals surface area contributed by atoms with Crippen LogP contribution < -0.4 is 10.6 Å². The van der Waals surface area contributed by atoms with Crippen LogP contribution in [0.15, 0.2) is 18.2 Å². The smallest absolute Gasteiger partial charge is 0.230 e. The Labute approximate surface area is 134 Å². The molecular formula is C16H22F2N2OS. The highest BCUT2D eigenvalue weighted by Crippen LogP contribution is 2.27. The second kappa shape index (κ2) is 8.48. The molecule has 122 valence electrons. The number of benzene rings is 1. The van der Waals surface area contributed by atoms with Gasteiger partial charge in [0.05, 0.1) is 5.75 Å². The van der Waals surface area contributed by atoms with Gasteiger partial charge in [-0.1, -0.05) is 13.0 Å². The predicted octanol–water partition coefficient (Wildman–Crippen LogP) is 2.67. The molecule has 0 aromatic heterocycles. The topological polar surface area (TPSA) is 41.1 Å². The monoisotopic (exact) mass is 328 g/mol. The molecule has 0 spiro atoms. The fraction of sp³-hybridized carbons (Fsp3) is 0.562. The fourth-order valence-electron chi connectivity index (χ4n) is 2.71. The normalized spacial score (nSPS) is 21.6. The molecule has 6 heteroatoms. The molecule has 2 rings (SSSR count). The molecule has 1 aliphatic rings. The van der Waals surface area contributed by atoms with Gasteiger partial charge in [0.1, 0.15) is 0 Å². The first-order chi connectivity index (χ1) is 10.6. The van der Waals surface area contributed by atoms with Gasteiger partial charge in [0.15, 0.2) is 11.6 Å². The molecule has 22 heavy (non-hydrogen) atoms. The van der Waals surface area contributed by atoms with Crippen molar-refractivity contribution >= 4 is 17.7 Å². The molecule has 1 aromatic rings. The van der Waals surface area contributed by atoms with Crippen LogP contribution in [0.2, 0.25) is 0 Å². The van der Waals surface area contributed by atoms with Crippen molar-refractivity contribution in [3.05, 3.63) is 35.4 Å². The number of hydrogen-bond donors (Lipinski definition) is 2. The zero-order valence-corrected chi connectivity index (χ0v) is 13.5. The lowest BCUT2D eigenvalue weighted by atomic mass is 9.86. The molecule has 1 saturated heterocycles. The molecule has 1 amide bonds. The maximum Gasteiger partial charge on any atom is 0.230 e. The van der Waals surface area contributed by atoms with Gasteiger partial charge < -0.3 is 10.6 Å². The molecular weight excluding hydrogens is 306 g/mol. The average Bonchev–Trinajstić information content (AvgIpc) is 2.51. The summed E-state index contributed by atoms with van der Waals surface area (Å²) in [5.41, 5.74) is 0.743. The molecule has 2 N–H and O–H groups in total. The van der Waals surface area contributed by atoms with E-state index in [-0.39, 0.29) is 17.9 Å². The van der Waals surface area contributed by atoms with Crippen LogP contribution in [0.4, 0.5) is 8.78 Å². The van der Waals surface area contributed by atoms with Crippen LogP contribution in [0.5, 0.6) is 0 Å². The van der Waals surface area contributed by atoms with Gasteiger partial charge in [0, 0.05) is 18.5 Å². The van der Waals surface area contributed by atoms with E-state index in [1.165, 1.54) is 6.07 Å². The lowest BCUT2D eigenvalue weighted by molar-refractivity contribution is -0.119. The third-order valence-corrected chi connectivity index (χ3v) is 4.95. The van der Waals surface area contributed by atoms with Crippen LogP contribution in [0.1, 0.15) is 31.2 Å². The minimum absolute atomic E-state index is 0.000247. The molecule has 3 nitrogen and oxygen atoms in total. The van der Waals surface area contributed by atoms with Crippen molar-refractivity contribution in [2.75, 3.05) is 24.6 Å². The summed E-state index contributed by atoms with van der Waals surface area (Å²) in [7, 11) is 0. The summed E-state index contributed by atoms with van der Waals surface area (Å²) >= 11 is 1.61. The summed E-state index contributed by atoms with van der Waals surface area (Å²) in [5.74, 6) is -0.261. The summed E-state index contributed by atoms with van der Waals surface area (Å²) in [5, 5.41) is 6.27. The molecule has 2 atom stereocenters. The van der Waals surface area contributed by atoms with Crippen molar-refractivity contribution < 1.29 is 13.6 Å². The van der Waals surface area contributed by atoms with E-state index < -0.39 is 11.6 Å². The van der Waals surface area contributed by atoms with Crippen molar-refractivity contribution in [2.45, 2.75) is 31.7 Å². The molecule has 0 bridgehead atoms. The second-order valence-electron chi connectivity index (χ2n) is 5.50. The van der Waals surface area contributed by atoms with E-state index in [2.05, 4.69) is 17.6 Å². The molecule has 1 heterocycles. The first kappa shape index (κ1) is 17.2. The third-order valence-electron chi connectivity index (χ3n) is 3.78. The quantitative estimate of drug-likeness (QED) is 0.789. The predicted molar refractivity (Wildman–Crippen MR) is 86.1 cm³/mol. The Balaban J connectivity index is 2.01. The molecule has 1 fully saturated rings. The van der Waals surface area contributed by atoms with Gasteiger partial charge in [-0.05, 0) is 42.8 Å². The second-order valence-corrected chi connectivity index (χ2v) is 6.60. The Bertz CT molecular complexity index is 513. The zero-order valence-electron chi connectivity index (χ0n) is 12.7. The zero-order chi connectivity index (χ0) is 15.9. The van der Waals surface area contributed by atoms with Crippen molar-refractivity contribution in [1.29, 1.82) is 0 Å². The molecule has 1 aromatic carbocycles. The first-order valence-corrected chi connectivity index (χ1v) is 8.80. The lowest BCUT2D eigenvalue weighted by Crippen LogP contribution is -2.50. The lowest BCUT2D eigenvalue weighted by Gasteiger charge is -2.33. The summed E-state index contributed by atoms with van der Waals surface area (Å²) in [6.45, 7) is 3.53. The average molecular weight is 328 g/mol. The van der Waals surface area contributed by atoms with Gasteiger partial charge in [-0.25, -0.2) is 8.78 Å². The Morgan fingerprint density at radius 3 is 2.95 bits per heavy atom. The minimum atomic E-state index is -0.839. The summed E-state index contributed by atoms with van der Waals surface area (Å²) in [4.78, 5) is 12.0. The van der Waals surface area contributed by atoms with Crippen LogP contribution in [-0.2, 0) is 4.79 Å². The Morgan fingerprint density at radius 2 is 2.23 bits per heavy atom. The van der Waals surface area contributed by atoms with Gasteiger partial charge in [0.25, 0.3) is 0 Å². The van der Waals surface area contributed by atoms with Crippen molar-refractivity contribution in [3.63, 3.8) is 0 Å². The summed E-state index contributed by atoms with van der Waals surface area (Å²) in [6.07, 6.45) is 1.83.